The van der Waals surface area contributed by atoms with Crippen molar-refractivity contribution in [3.63, 3.8) is 0 Å². The zero-order chi connectivity index (χ0) is 16.0. The van der Waals surface area contributed by atoms with Crippen molar-refractivity contribution < 1.29 is 17.9 Å². The van der Waals surface area contributed by atoms with E-state index in [4.69, 9.17) is 15.4 Å². The number of rotatable bonds is 7. The number of halogens is 1. The molecule has 0 aliphatic carbocycles. The van der Waals surface area contributed by atoms with Crippen LogP contribution in [0.15, 0.2) is 23.1 Å². The second kappa shape index (κ2) is 7.77. The van der Waals surface area contributed by atoms with Crippen molar-refractivity contribution >= 4 is 25.6 Å². The number of amides is 1. The predicted molar refractivity (Wildman–Crippen MR) is 82.3 cm³/mol. The summed E-state index contributed by atoms with van der Waals surface area (Å²) in [6, 6.07) is 4.37. The van der Waals surface area contributed by atoms with Crippen molar-refractivity contribution in [2.45, 2.75) is 25.2 Å². The van der Waals surface area contributed by atoms with Gasteiger partial charge in [-0.1, -0.05) is 13.0 Å². The molecule has 0 saturated heterocycles. The first-order valence-corrected chi connectivity index (χ1v) is 9.03. The normalized spacial score (nSPS) is 11.4. The molecule has 0 fully saturated rings. The minimum absolute atomic E-state index is 0.0667. The van der Waals surface area contributed by atoms with Gasteiger partial charge in [0.15, 0.2) is 0 Å². The third kappa shape index (κ3) is 4.98. The van der Waals surface area contributed by atoms with E-state index in [1.807, 2.05) is 13.8 Å². The van der Waals surface area contributed by atoms with E-state index in [1.165, 1.54) is 17.0 Å². The second-order valence-electron chi connectivity index (χ2n) is 4.53. The maximum absolute atomic E-state index is 12.4. The predicted octanol–water partition coefficient (Wildman–Crippen LogP) is 2.29. The summed E-state index contributed by atoms with van der Waals surface area (Å²) >= 11 is 0. The van der Waals surface area contributed by atoms with E-state index in [9.17, 15) is 13.2 Å². The Bertz CT molecular complexity index is 601. The van der Waals surface area contributed by atoms with Gasteiger partial charge in [-0.15, -0.1) is 0 Å². The third-order valence-corrected chi connectivity index (χ3v) is 4.45. The fraction of sp³-hybridized carbons (Fsp3) is 0.500. The first-order chi connectivity index (χ1) is 9.81. The lowest BCUT2D eigenvalue weighted by molar-refractivity contribution is 0.0708. The lowest BCUT2D eigenvalue weighted by atomic mass is 10.0. The number of hydrogen-bond acceptors (Lipinski definition) is 4. The largest absolute Gasteiger partial charge is 0.380 e. The Morgan fingerprint density at radius 2 is 2.00 bits per heavy atom. The van der Waals surface area contributed by atoms with Crippen molar-refractivity contribution in [2.24, 2.45) is 0 Å². The minimum Gasteiger partial charge on any atom is -0.380 e. The fourth-order valence-corrected chi connectivity index (χ4v) is 2.64. The van der Waals surface area contributed by atoms with Gasteiger partial charge in [-0.05, 0) is 31.0 Å². The molecule has 0 unspecified atom stereocenters. The van der Waals surface area contributed by atoms with E-state index in [2.05, 4.69) is 0 Å². The van der Waals surface area contributed by atoms with E-state index in [0.29, 0.717) is 31.7 Å². The highest BCUT2D eigenvalue weighted by Crippen LogP contribution is 2.21. The van der Waals surface area contributed by atoms with Gasteiger partial charge in [0.2, 0.25) is 0 Å². The van der Waals surface area contributed by atoms with E-state index >= 15 is 0 Å². The van der Waals surface area contributed by atoms with Crippen LogP contribution in [0.4, 0.5) is 0 Å². The maximum atomic E-state index is 12.4. The van der Waals surface area contributed by atoms with Crippen molar-refractivity contribution in [2.75, 3.05) is 26.8 Å². The fourth-order valence-electron chi connectivity index (χ4n) is 1.87. The first-order valence-electron chi connectivity index (χ1n) is 6.72. The molecule has 1 aromatic rings. The molecule has 0 N–H and O–H groups in total. The van der Waals surface area contributed by atoms with E-state index in [0.717, 1.165) is 5.56 Å². The lowest BCUT2D eigenvalue weighted by Gasteiger charge is -2.19. The highest BCUT2D eigenvalue weighted by Gasteiger charge is 2.19. The smallest absolute Gasteiger partial charge is 0.261 e. The van der Waals surface area contributed by atoms with Crippen LogP contribution >= 0.6 is 10.7 Å². The molecular formula is C14H20ClNO4S. The number of aryl methyl sites for hydroxylation is 1. The Kier molecular flexibility index (Phi) is 6.64. The van der Waals surface area contributed by atoms with Crippen LogP contribution in [0.1, 0.15) is 29.8 Å². The van der Waals surface area contributed by atoms with E-state index in [1.54, 1.807) is 13.1 Å². The minimum atomic E-state index is -3.85. The zero-order valence-corrected chi connectivity index (χ0v) is 14.0. The molecule has 0 heterocycles. The van der Waals surface area contributed by atoms with E-state index < -0.39 is 9.05 Å². The molecule has 0 bridgehead atoms. The quantitative estimate of drug-likeness (QED) is 0.567. The second-order valence-corrected chi connectivity index (χ2v) is 7.10. The average Bonchev–Trinajstić information content (AvgIpc) is 2.44. The molecule has 0 spiro atoms. The van der Waals surface area contributed by atoms with Gasteiger partial charge >= 0.3 is 0 Å². The summed E-state index contributed by atoms with van der Waals surface area (Å²) in [5.41, 5.74) is 1.14. The van der Waals surface area contributed by atoms with Gasteiger partial charge in [-0.2, -0.15) is 0 Å². The summed E-state index contributed by atoms with van der Waals surface area (Å²) in [6.45, 7) is 5.25. The van der Waals surface area contributed by atoms with Crippen LogP contribution < -0.4 is 0 Å². The number of hydrogen-bond donors (Lipinski definition) is 0. The highest BCUT2D eigenvalue weighted by molar-refractivity contribution is 8.13. The molecule has 0 aliphatic rings. The molecule has 7 heteroatoms. The maximum Gasteiger partial charge on any atom is 0.261 e. The van der Waals surface area contributed by atoms with Gasteiger partial charge in [0.25, 0.3) is 15.0 Å². The van der Waals surface area contributed by atoms with Gasteiger partial charge in [0, 0.05) is 36.4 Å². The molecule has 0 aliphatic heterocycles. The van der Waals surface area contributed by atoms with Crippen molar-refractivity contribution in [3.8, 4) is 0 Å². The number of carbonyl (C=O) groups excluding carboxylic acids is 1. The monoisotopic (exact) mass is 333 g/mol. The highest BCUT2D eigenvalue weighted by atomic mass is 35.7. The molecule has 0 aromatic heterocycles. The summed E-state index contributed by atoms with van der Waals surface area (Å²) in [7, 11) is 3.14. The van der Waals surface area contributed by atoms with Crippen molar-refractivity contribution in [3.05, 3.63) is 29.3 Å². The standard InChI is InChI=1S/C14H20ClNO4S/c1-4-11-6-7-12(21(15,18)19)10-13(11)14(17)16(3)8-9-20-5-2/h6-7,10H,4-5,8-9H2,1-3H3. The average molecular weight is 334 g/mol. The Balaban J connectivity index is 3.06. The third-order valence-electron chi connectivity index (χ3n) is 3.10. The van der Waals surface area contributed by atoms with Gasteiger partial charge in [-0.25, -0.2) is 8.42 Å². The molecule has 0 saturated carbocycles. The molecule has 21 heavy (non-hydrogen) atoms. The summed E-state index contributed by atoms with van der Waals surface area (Å²) in [6.07, 6.45) is 0.628. The molecule has 0 atom stereocenters. The van der Waals surface area contributed by atoms with Crippen molar-refractivity contribution in [1.82, 2.24) is 4.90 Å². The summed E-state index contributed by atoms with van der Waals surface area (Å²) < 4.78 is 28.0. The van der Waals surface area contributed by atoms with Gasteiger partial charge < -0.3 is 9.64 Å². The van der Waals surface area contributed by atoms with Gasteiger partial charge in [-0.3, -0.25) is 4.79 Å². The first kappa shape index (κ1) is 17.9. The number of nitrogens with zero attached hydrogens (tertiary/aromatic N) is 1. The Hall–Kier alpha value is -1.11. The molecule has 0 radical (unpaired) electrons. The molecule has 1 rings (SSSR count). The van der Waals surface area contributed by atoms with Crippen LogP contribution in [0.2, 0.25) is 0 Å². The van der Waals surface area contributed by atoms with Crippen molar-refractivity contribution in [1.29, 1.82) is 0 Å². The van der Waals surface area contributed by atoms with Crippen LogP contribution in [0.5, 0.6) is 0 Å². The van der Waals surface area contributed by atoms with Crippen LogP contribution in [-0.4, -0.2) is 46.0 Å². The number of likely N-dealkylation sites (N-methyl/N-ethyl adjacent to an activating group) is 1. The van der Waals surface area contributed by atoms with Gasteiger partial charge in [0.1, 0.15) is 0 Å². The molecular weight excluding hydrogens is 314 g/mol. The summed E-state index contributed by atoms with van der Waals surface area (Å²) in [5, 5.41) is 0. The molecule has 118 valence electrons. The van der Waals surface area contributed by atoms with Gasteiger partial charge in [0.05, 0.1) is 11.5 Å². The summed E-state index contributed by atoms with van der Waals surface area (Å²) in [4.78, 5) is 13.9. The Morgan fingerprint density at radius 3 is 2.52 bits per heavy atom. The van der Waals surface area contributed by atoms with Crippen LogP contribution in [0.3, 0.4) is 0 Å². The molecule has 5 nitrogen and oxygen atoms in total. The molecule has 1 aromatic carbocycles. The Labute approximate surface area is 130 Å². The van der Waals surface area contributed by atoms with Crippen LogP contribution in [-0.2, 0) is 20.2 Å². The zero-order valence-electron chi connectivity index (χ0n) is 12.4. The number of carbonyl (C=O) groups is 1. The summed E-state index contributed by atoms with van der Waals surface area (Å²) in [5.74, 6) is -0.242. The SMILES string of the molecule is CCOCCN(C)C(=O)c1cc(S(=O)(=O)Cl)ccc1CC. The topological polar surface area (TPSA) is 63.7 Å². The number of benzene rings is 1. The Morgan fingerprint density at radius 1 is 1.33 bits per heavy atom. The molecule has 1 amide bonds. The number of ether oxygens (including phenoxy) is 1. The van der Waals surface area contributed by atoms with Crippen LogP contribution in [0, 0.1) is 0 Å². The van der Waals surface area contributed by atoms with Crippen LogP contribution in [0.25, 0.3) is 0 Å². The lowest BCUT2D eigenvalue weighted by Crippen LogP contribution is -2.31. The van der Waals surface area contributed by atoms with E-state index in [-0.39, 0.29) is 10.8 Å².